The van der Waals surface area contributed by atoms with Crippen LogP contribution in [0.15, 0.2) is 290 Å². The van der Waals surface area contributed by atoms with Gasteiger partial charge in [-0.2, -0.15) is 0 Å². The molecule has 12 aromatic carbocycles. The molecule has 342 valence electrons. The molecule has 1 aliphatic rings. The van der Waals surface area contributed by atoms with E-state index in [0.29, 0.717) is 0 Å². The van der Waals surface area contributed by atoms with E-state index >= 15 is 0 Å². The van der Waals surface area contributed by atoms with Crippen molar-refractivity contribution in [3.05, 3.63) is 307 Å². The van der Waals surface area contributed by atoms with Gasteiger partial charge in [0.1, 0.15) is 11.2 Å². The molecule has 0 radical (unpaired) electrons. The molecule has 2 heteroatoms. The highest BCUT2D eigenvalue weighted by Gasteiger charge is 2.47. The number of para-hydroxylation sites is 2. The van der Waals surface area contributed by atoms with Crippen molar-refractivity contribution in [1.29, 1.82) is 0 Å². The summed E-state index contributed by atoms with van der Waals surface area (Å²) in [5.41, 5.74) is 21.4. The van der Waals surface area contributed by atoms with E-state index in [1.807, 2.05) is 12.1 Å². The average Bonchev–Trinajstić information content (AvgIpc) is 4.00. The molecule has 0 spiro atoms. The third-order valence-electron chi connectivity index (χ3n) is 15.2. The van der Waals surface area contributed by atoms with Gasteiger partial charge >= 0.3 is 0 Å². The summed E-state index contributed by atoms with van der Waals surface area (Å²) in [7, 11) is 0. The Morgan fingerprint density at radius 2 is 0.822 bits per heavy atom. The predicted molar refractivity (Wildman–Crippen MR) is 305 cm³/mol. The van der Waals surface area contributed by atoms with Crippen molar-refractivity contribution in [2.24, 2.45) is 0 Å². The van der Waals surface area contributed by atoms with Crippen LogP contribution in [0, 0.1) is 0 Å². The maximum absolute atomic E-state index is 6.41. The third kappa shape index (κ3) is 6.94. The molecule has 1 aliphatic carbocycles. The summed E-state index contributed by atoms with van der Waals surface area (Å²) in [6, 6.07) is 104. The van der Waals surface area contributed by atoms with Crippen molar-refractivity contribution < 1.29 is 4.42 Å². The van der Waals surface area contributed by atoms with E-state index in [2.05, 4.69) is 278 Å². The second-order valence-corrected chi connectivity index (χ2v) is 19.1. The standard InChI is InChI=1S/C71H47NO/c1-3-21-54(22-4-1)71(55-23-5-2-6-24-55)65-32-12-9-29-64(65)70-63(31-17-33-66(70)71)60-27-10-13-34-67(60)72(57-25-15-20-52(46-57)53-42-45-62-61-28-11-14-35-68(61)73-69(62)47-53)56-43-40-49(41-44-56)48-36-38-51(39-37-48)59-30-16-19-50-18-7-8-26-58(50)59/h1-47H. The molecule has 1 heterocycles. The summed E-state index contributed by atoms with van der Waals surface area (Å²) >= 11 is 0. The summed E-state index contributed by atoms with van der Waals surface area (Å²) in [4.78, 5) is 2.44. The van der Waals surface area contributed by atoms with Gasteiger partial charge < -0.3 is 9.32 Å². The van der Waals surface area contributed by atoms with Gasteiger partial charge in [0.15, 0.2) is 0 Å². The van der Waals surface area contributed by atoms with Crippen molar-refractivity contribution in [3.63, 3.8) is 0 Å². The first kappa shape index (κ1) is 42.4. The molecule has 0 fully saturated rings. The van der Waals surface area contributed by atoms with Crippen LogP contribution in [0.3, 0.4) is 0 Å². The van der Waals surface area contributed by atoms with Crippen molar-refractivity contribution in [2.45, 2.75) is 5.41 Å². The average molecular weight is 930 g/mol. The fraction of sp³-hybridized carbons (Fsp3) is 0.0141. The van der Waals surface area contributed by atoms with Crippen LogP contribution in [0.1, 0.15) is 22.3 Å². The van der Waals surface area contributed by atoms with Crippen LogP contribution in [0.4, 0.5) is 17.1 Å². The van der Waals surface area contributed by atoms with Crippen molar-refractivity contribution in [2.75, 3.05) is 4.90 Å². The van der Waals surface area contributed by atoms with Crippen molar-refractivity contribution in [1.82, 2.24) is 0 Å². The number of benzene rings is 12. The van der Waals surface area contributed by atoms with Crippen LogP contribution >= 0.6 is 0 Å². The number of hydrogen-bond donors (Lipinski definition) is 0. The minimum Gasteiger partial charge on any atom is -0.456 e. The van der Waals surface area contributed by atoms with Gasteiger partial charge in [-0.15, -0.1) is 0 Å². The molecular formula is C71H47NO. The Morgan fingerprint density at radius 1 is 0.288 bits per heavy atom. The van der Waals surface area contributed by atoms with E-state index in [4.69, 9.17) is 4.42 Å². The Hall–Kier alpha value is -9.50. The minimum absolute atomic E-state index is 0.517. The monoisotopic (exact) mass is 929 g/mol. The summed E-state index contributed by atoms with van der Waals surface area (Å²) in [5, 5.41) is 4.76. The van der Waals surface area contributed by atoms with Gasteiger partial charge in [-0.25, -0.2) is 0 Å². The molecule has 14 rings (SSSR count). The molecule has 0 unspecified atom stereocenters. The largest absolute Gasteiger partial charge is 0.456 e. The van der Waals surface area contributed by atoms with E-state index in [1.165, 1.54) is 66.4 Å². The van der Waals surface area contributed by atoms with Crippen LogP contribution in [0.5, 0.6) is 0 Å². The second kappa shape index (κ2) is 17.4. The lowest BCUT2D eigenvalue weighted by Gasteiger charge is -2.34. The summed E-state index contributed by atoms with van der Waals surface area (Å²) in [6.07, 6.45) is 0. The quantitative estimate of drug-likeness (QED) is 0.143. The van der Waals surface area contributed by atoms with E-state index in [0.717, 1.165) is 61.3 Å². The van der Waals surface area contributed by atoms with Crippen LogP contribution < -0.4 is 4.90 Å². The molecule has 0 aliphatic heterocycles. The van der Waals surface area contributed by atoms with Gasteiger partial charge in [0, 0.05) is 27.7 Å². The zero-order valence-electron chi connectivity index (χ0n) is 40.0. The highest BCUT2D eigenvalue weighted by molar-refractivity contribution is 6.06. The lowest BCUT2D eigenvalue weighted by atomic mass is 9.67. The fourth-order valence-corrected chi connectivity index (χ4v) is 11.9. The van der Waals surface area contributed by atoms with E-state index in [-0.39, 0.29) is 0 Å². The highest BCUT2D eigenvalue weighted by Crippen LogP contribution is 2.59. The van der Waals surface area contributed by atoms with E-state index in [1.54, 1.807) is 0 Å². The normalized spacial score (nSPS) is 12.5. The number of anilines is 3. The van der Waals surface area contributed by atoms with Gasteiger partial charge in [-0.1, -0.05) is 237 Å². The lowest BCUT2D eigenvalue weighted by molar-refractivity contribution is 0.669. The summed E-state index contributed by atoms with van der Waals surface area (Å²) < 4.78 is 6.41. The fourth-order valence-electron chi connectivity index (χ4n) is 11.9. The van der Waals surface area contributed by atoms with Crippen molar-refractivity contribution in [3.8, 4) is 55.6 Å². The van der Waals surface area contributed by atoms with E-state index in [9.17, 15) is 0 Å². The SMILES string of the molecule is c1ccc(C2(c3ccccc3)c3ccccc3-c3c(-c4ccccc4N(c4ccc(-c5ccc(-c6cccc7ccccc67)cc5)cc4)c4cccc(-c5ccc6c(c5)oc5ccccc56)c4)cccc32)cc1. The summed E-state index contributed by atoms with van der Waals surface area (Å²) in [6.45, 7) is 0. The topological polar surface area (TPSA) is 16.4 Å². The number of fused-ring (bicyclic) bond motifs is 7. The van der Waals surface area contributed by atoms with Crippen molar-refractivity contribution >= 4 is 49.8 Å². The first-order valence-corrected chi connectivity index (χ1v) is 25.2. The molecule has 0 saturated heterocycles. The Labute approximate surface area is 425 Å². The van der Waals surface area contributed by atoms with Gasteiger partial charge in [-0.3, -0.25) is 0 Å². The number of furan rings is 1. The summed E-state index contributed by atoms with van der Waals surface area (Å²) in [5.74, 6) is 0. The molecular weight excluding hydrogens is 883 g/mol. The number of nitrogens with zero attached hydrogens (tertiary/aromatic N) is 1. The Balaban J connectivity index is 0.930. The zero-order chi connectivity index (χ0) is 48.3. The number of hydrogen-bond acceptors (Lipinski definition) is 2. The third-order valence-corrected chi connectivity index (χ3v) is 15.2. The Morgan fingerprint density at radius 3 is 1.62 bits per heavy atom. The smallest absolute Gasteiger partial charge is 0.136 e. The van der Waals surface area contributed by atoms with Crippen LogP contribution in [-0.4, -0.2) is 0 Å². The molecule has 0 saturated carbocycles. The van der Waals surface area contributed by atoms with Gasteiger partial charge in [0.05, 0.1) is 11.1 Å². The lowest BCUT2D eigenvalue weighted by Crippen LogP contribution is -2.28. The molecule has 2 nitrogen and oxygen atoms in total. The first-order chi connectivity index (χ1) is 36.2. The number of rotatable bonds is 9. The van der Waals surface area contributed by atoms with Gasteiger partial charge in [-0.05, 0) is 132 Å². The highest BCUT2D eigenvalue weighted by atomic mass is 16.3. The van der Waals surface area contributed by atoms with Gasteiger partial charge in [0.25, 0.3) is 0 Å². The molecule has 73 heavy (non-hydrogen) atoms. The van der Waals surface area contributed by atoms with Crippen LogP contribution in [0.2, 0.25) is 0 Å². The zero-order valence-corrected chi connectivity index (χ0v) is 40.0. The van der Waals surface area contributed by atoms with Crippen LogP contribution in [-0.2, 0) is 5.41 Å². The first-order valence-electron chi connectivity index (χ1n) is 25.2. The van der Waals surface area contributed by atoms with Gasteiger partial charge in [0.2, 0.25) is 0 Å². The second-order valence-electron chi connectivity index (χ2n) is 19.1. The molecule has 0 amide bonds. The molecule has 1 aromatic heterocycles. The molecule has 0 bridgehead atoms. The minimum atomic E-state index is -0.517. The Kier molecular flexibility index (Phi) is 10.1. The Bertz CT molecular complexity index is 4140. The maximum atomic E-state index is 6.41. The van der Waals surface area contributed by atoms with Crippen LogP contribution in [0.25, 0.3) is 88.3 Å². The predicted octanol–water partition coefficient (Wildman–Crippen LogP) is 19.2. The molecule has 0 atom stereocenters. The van der Waals surface area contributed by atoms with E-state index < -0.39 is 5.41 Å². The molecule has 13 aromatic rings. The maximum Gasteiger partial charge on any atom is 0.136 e. The molecule has 0 N–H and O–H groups in total.